The standard InChI is InChI=1S/C17H23N3O/c18-15(17(21)20-13-6-2-1-3-7-13)10-12-11-19-16-9-5-4-8-14(12)16/h4-5,8-9,11,13,15,19H,1-3,6-7,10,18H2,(H,20,21)/t15-/m0/s1. The van der Waals surface area contributed by atoms with Crippen molar-refractivity contribution in [2.24, 2.45) is 5.73 Å². The lowest BCUT2D eigenvalue weighted by Crippen LogP contribution is -2.46. The van der Waals surface area contributed by atoms with Crippen LogP contribution in [0.3, 0.4) is 0 Å². The van der Waals surface area contributed by atoms with Crippen molar-refractivity contribution in [1.29, 1.82) is 0 Å². The summed E-state index contributed by atoms with van der Waals surface area (Å²) in [5.41, 5.74) is 8.29. The number of H-pyrrole nitrogens is 1. The van der Waals surface area contributed by atoms with Gasteiger partial charge in [0.05, 0.1) is 6.04 Å². The monoisotopic (exact) mass is 285 g/mol. The Balaban J connectivity index is 1.62. The second-order valence-corrected chi connectivity index (χ2v) is 6.01. The van der Waals surface area contributed by atoms with Crippen molar-refractivity contribution in [2.45, 2.75) is 50.6 Å². The maximum atomic E-state index is 12.2. The van der Waals surface area contributed by atoms with E-state index in [0.29, 0.717) is 12.5 Å². The predicted octanol–water partition coefficient (Wildman–Crippen LogP) is 2.49. The largest absolute Gasteiger partial charge is 0.361 e. The number of amides is 1. The summed E-state index contributed by atoms with van der Waals surface area (Å²) in [6.07, 6.45) is 8.41. The van der Waals surface area contributed by atoms with Crippen LogP contribution in [0.5, 0.6) is 0 Å². The Morgan fingerprint density at radius 2 is 2.05 bits per heavy atom. The van der Waals surface area contributed by atoms with Crippen molar-refractivity contribution < 1.29 is 4.79 Å². The summed E-state index contributed by atoms with van der Waals surface area (Å²) in [6.45, 7) is 0. The normalized spacial score (nSPS) is 17.8. The average Bonchev–Trinajstić information content (AvgIpc) is 2.91. The van der Waals surface area contributed by atoms with E-state index in [9.17, 15) is 4.79 Å². The number of aromatic amines is 1. The topological polar surface area (TPSA) is 70.9 Å². The summed E-state index contributed by atoms with van der Waals surface area (Å²) in [7, 11) is 0. The quantitative estimate of drug-likeness (QED) is 0.807. The molecule has 1 fully saturated rings. The van der Waals surface area contributed by atoms with E-state index >= 15 is 0 Å². The zero-order valence-corrected chi connectivity index (χ0v) is 12.3. The number of fused-ring (bicyclic) bond motifs is 1. The zero-order valence-electron chi connectivity index (χ0n) is 12.3. The molecule has 0 bridgehead atoms. The molecule has 1 aliphatic rings. The summed E-state index contributed by atoms with van der Waals surface area (Å²) in [5.74, 6) is -0.0211. The van der Waals surface area contributed by atoms with Crippen LogP contribution < -0.4 is 11.1 Å². The number of para-hydroxylation sites is 1. The first-order valence-corrected chi connectivity index (χ1v) is 7.85. The van der Waals surface area contributed by atoms with Gasteiger partial charge < -0.3 is 16.0 Å². The summed E-state index contributed by atoms with van der Waals surface area (Å²) >= 11 is 0. The van der Waals surface area contributed by atoms with Crippen molar-refractivity contribution in [3.8, 4) is 0 Å². The Morgan fingerprint density at radius 3 is 2.86 bits per heavy atom. The summed E-state index contributed by atoms with van der Waals surface area (Å²) in [5, 5.41) is 4.26. The molecule has 1 aliphatic carbocycles. The number of nitrogens with two attached hydrogens (primary N) is 1. The maximum absolute atomic E-state index is 12.2. The van der Waals surface area contributed by atoms with Gasteiger partial charge in [0.1, 0.15) is 0 Å². The summed E-state index contributed by atoms with van der Waals surface area (Å²) in [6, 6.07) is 7.94. The van der Waals surface area contributed by atoms with Gasteiger partial charge in [0.25, 0.3) is 0 Å². The molecule has 1 heterocycles. The fraction of sp³-hybridized carbons (Fsp3) is 0.471. The Hall–Kier alpha value is -1.81. The van der Waals surface area contributed by atoms with E-state index in [-0.39, 0.29) is 5.91 Å². The van der Waals surface area contributed by atoms with Crippen LogP contribution in [-0.4, -0.2) is 23.0 Å². The molecular weight excluding hydrogens is 262 g/mol. The molecule has 3 rings (SSSR count). The second-order valence-electron chi connectivity index (χ2n) is 6.01. The Morgan fingerprint density at radius 1 is 1.29 bits per heavy atom. The number of benzene rings is 1. The van der Waals surface area contributed by atoms with Gasteiger partial charge in [0.15, 0.2) is 0 Å². The zero-order chi connectivity index (χ0) is 14.7. The minimum absolute atomic E-state index is 0.0211. The van der Waals surface area contributed by atoms with Gasteiger partial charge >= 0.3 is 0 Å². The molecule has 0 unspecified atom stereocenters. The fourth-order valence-corrected chi connectivity index (χ4v) is 3.19. The minimum atomic E-state index is -0.480. The Bertz CT molecular complexity index is 613. The molecule has 1 saturated carbocycles. The van der Waals surface area contributed by atoms with Gasteiger partial charge in [-0.2, -0.15) is 0 Å². The number of hydrogen-bond acceptors (Lipinski definition) is 2. The third-order valence-corrected chi connectivity index (χ3v) is 4.40. The fourth-order valence-electron chi connectivity index (χ4n) is 3.19. The summed E-state index contributed by atoms with van der Waals surface area (Å²) < 4.78 is 0. The van der Waals surface area contributed by atoms with Crippen molar-refractivity contribution in [3.63, 3.8) is 0 Å². The van der Waals surface area contributed by atoms with Crippen molar-refractivity contribution >= 4 is 16.8 Å². The Kier molecular flexibility index (Phi) is 4.25. The van der Waals surface area contributed by atoms with Crippen LogP contribution in [-0.2, 0) is 11.2 Å². The summed E-state index contributed by atoms with van der Waals surface area (Å²) in [4.78, 5) is 15.5. The van der Waals surface area contributed by atoms with Crippen LogP contribution in [0.1, 0.15) is 37.7 Å². The first kappa shape index (κ1) is 14.1. The third kappa shape index (κ3) is 3.27. The highest BCUT2D eigenvalue weighted by atomic mass is 16.2. The molecule has 1 amide bonds. The molecule has 0 saturated heterocycles. The van der Waals surface area contributed by atoms with Crippen LogP contribution in [0, 0.1) is 0 Å². The lowest BCUT2D eigenvalue weighted by molar-refractivity contribution is -0.123. The van der Waals surface area contributed by atoms with Gasteiger partial charge in [-0.15, -0.1) is 0 Å². The van der Waals surface area contributed by atoms with Crippen molar-refractivity contribution in [1.82, 2.24) is 10.3 Å². The Labute approximate surface area is 125 Å². The lowest BCUT2D eigenvalue weighted by atomic mass is 9.95. The van der Waals surface area contributed by atoms with Gasteiger partial charge in [-0.1, -0.05) is 37.5 Å². The maximum Gasteiger partial charge on any atom is 0.237 e. The second kappa shape index (κ2) is 6.31. The van der Waals surface area contributed by atoms with E-state index in [2.05, 4.69) is 16.4 Å². The number of aromatic nitrogens is 1. The number of nitrogens with one attached hydrogen (secondary N) is 2. The highest BCUT2D eigenvalue weighted by Crippen LogP contribution is 2.20. The number of hydrogen-bond donors (Lipinski definition) is 3. The van der Waals surface area contributed by atoms with Crippen molar-refractivity contribution in [2.75, 3.05) is 0 Å². The lowest BCUT2D eigenvalue weighted by Gasteiger charge is -2.24. The van der Waals surface area contributed by atoms with E-state index in [4.69, 9.17) is 5.73 Å². The van der Waals surface area contributed by atoms with Crippen molar-refractivity contribution in [3.05, 3.63) is 36.0 Å². The molecule has 4 heteroatoms. The molecule has 0 aliphatic heterocycles. The molecule has 0 spiro atoms. The highest BCUT2D eigenvalue weighted by Gasteiger charge is 2.20. The molecule has 2 aromatic rings. The smallest absolute Gasteiger partial charge is 0.237 e. The van der Waals surface area contributed by atoms with Gasteiger partial charge in [-0.25, -0.2) is 0 Å². The van der Waals surface area contributed by atoms with Gasteiger partial charge in [0.2, 0.25) is 5.91 Å². The average molecular weight is 285 g/mol. The molecule has 1 aromatic heterocycles. The molecule has 1 aromatic carbocycles. The van der Waals surface area contributed by atoms with Gasteiger partial charge in [0, 0.05) is 23.1 Å². The first-order valence-electron chi connectivity index (χ1n) is 7.85. The van der Waals surface area contributed by atoms with Crippen LogP contribution in [0.4, 0.5) is 0 Å². The molecule has 0 radical (unpaired) electrons. The van der Waals surface area contributed by atoms with E-state index < -0.39 is 6.04 Å². The van der Waals surface area contributed by atoms with Crippen LogP contribution in [0.25, 0.3) is 10.9 Å². The molecule has 1 atom stereocenters. The van der Waals surface area contributed by atoms with E-state index in [0.717, 1.165) is 29.3 Å². The highest BCUT2D eigenvalue weighted by molar-refractivity contribution is 5.86. The first-order chi connectivity index (χ1) is 10.2. The molecule has 21 heavy (non-hydrogen) atoms. The molecular formula is C17H23N3O. The number of carbonyl (C=O) groups excluding carboxylic acids is 1. The molecule has 112 valence electrons. The molecule has 4 N–H and O–H groups in total. The van der Waals surface area contributed by atoms with Crippen LogP contribution in [0.15, 0.2) is 30.5 Å². The molecule has 4 nitrogen and oxygen atoms in total. The van der Waals surface area contributed by atoms with E-state index in [1.165, 1.54) is 19.3 Å². The van der Waals surface area contributed by atoms with Crippen LogP contribution >= 0.6 is 0 Å². The predicted molar refractivity (Wildman–Crippen MR) is 85.0 cm³/mol. The third-order valence-electron chi connectivity index (χ3n) is 4.40. The van der Waals surface area contributed by atoms with Crippen LogP contribution in [0.2, 0.25) is 0 Å². The van der Waals surface area contributed by atoms with E-state index in [1.807, 2.05) is 24.4 Å². The number of carbonyl (C=O) groups is 1. The SMILES string of the molecule is N[C@@H](Cc1c[nH]c2ccccc12)C(=O)NC1CCCCC1. The van der Waals surface area contributed by atoms with E-state index in [1.54, 1.807) is 0 Å². The van der Waals surface area contributed by atoms with Gasteiger partial charge in [-0.3, -0.25) is 4.79 Å². The number of rotatable bonds is 4. The minimum Gasteiger partial charge on any atom is -0.361 e. The van der Waals surface area contributed by atoms with Gasteiger partial charge in [-0.05, 0) is 30.9 Å².